The molecule has 0 spiro atoms. The predicted octanol–water partition coefficient (Wildman–Crippen LogP) is 8.42. The van der Waals surface area contributed by atoms with Crippen LogP contribution in [0.15, 0.2) is 121 Å². The molecule has 43 heavy (non-hydrogen) atoms. The molecule has 1 saturated heterocycles. The average molecular weight is 602 g/mol. The van der Waals surface area contributed by atoms with Crippen molar-refractivity contribution in [2.45, 2.75) is 19.8 Å². The summed E-state index contributed by atoms with van der Waals surface area (Å²) in [5.74, 6) is -0.678. The van der Waals surface area contributed by atoms with Crippen LogP contribution in [0.4, 0.5) is 5.69 Å². The molecule has 0 atom stereocenters. The maximum atomic E-state index is 14.0. The average Bonchev–Trinajstić information content (AvgIpc) is 3.40. The van der Waals surface area contributed by atoms with E-state index in [1.165, 1.54) is 4.90 Å². The summed E-state index contributed by atoms with van der Waals surface area (Å²) in [4.78, 5) is 28.7. The van der Waals surface area contributed by atoms with E-state index in [2.05, 4.69) is 23.7 Å². The third-order valence-corrected chi connectivity index (χ3v) is 7.99. The fourth-order valence-corrected chi connectivity index (χ4v) is 5.67. The molecule has 2 heterocycles. The van der Waals surface area contributed by atoms with Gasteiger partial charge in [-0.15, -0.1) is 0 Å². The Balaban J connectivity index is 1.56. The number of nitrogens with one attached hydrogen (secondary N) is 1. The first-order valence-corrected chi connectivity index (χ1v) is 14.7. The molecule has 2 amide bonds. The van der Waals surface area contributed by atoms with Crippen LogP contribution in [-0.2, 0) is 9.59 Å². The molecule has 212 valence electrons. The number of rotatable bonds is 6. The summed E-state index contributed by atoms with van der Waals surface area (Å²) in [6, 6.07) is 37.2. The Labute approximate surface area is 261 Å². The molecule has 0 aliphatic carbocycles. The van der Waals surface area contributed by atoms with E-state index in [0.29, 0.717) is 22.2 Å². The van der Waals surface area contributed by atoms with Crippen LogP contribution in [0, 0.1) is 0 Å². The first-order valence-electron chi connectivity index (χ1n) is 14.0. The molecule has 1 aliphatic rings. The van der Waals surface area contributed by atoms with Gasteiger partial charge in [-0.3, -0.25) is 19.8 Å². The highest BCUT2D eigenvalue weighted by Gasteiger charge is 2.35. The second-order valence-electron chi connectivity index (χ2n) is 10.6. The number of hydrogen-bond acceptors (Lipinski definition) is 3. The van der Waals surface area contributed by atoms with Crippen molar-refractivity contribution in [3.63, 3.8) is 0 Å². The zero-order valence-electron chi connectivity index (χ0n) is 23.6. The van der Waals surface area contributed by atoms with Gasteiger partial charge in [0, 0.05) is 16.3 Å². The van der Waals surface area contributed by atoms with Crippen molar-refractivity contribution in [3.05, 3.63) is 137 Å². The van der Waals surface area contributed by atoms with E-state index >= 15 is 0 Å². The molecule has 1 N–H and O–H groups in total. The van der Waals surface area contributed by atoms with Gasteiger partial charge in [0.1, 0.15) is 5.57 Å². The van der Waals surface area contributed by atoms with Crippen LogP contribution in [0.25, 0.3) is 34.3 Å². The van der Waals surface area contributed by atoms with Gasteiger partial charge >= 0.3 is 0 Å². The van der Waals surface area contributed by atoms with Crippen molar-refractivity contribution in [1.82, 2.24) is 9.88 Å². The first-order chi connectivity index (χ1) is 20.8. The molecule has 0 saturated carbocycles. The van der Waals surface area contributed by atoms with E-state index in [1.807, 2.05) is 115 Å². The van der Waals surface area contributed by atoms with Gasteiger partial charge in [0.15, 0.2) is 5.11 Å². The second kappa shape index (κ2) is 11.8. The lowest BCUT2D eigenvalue weighted by molar-refractivity contribution is -0.122. The third kappa shape index (κ3) is 5.55. The molecule has 1 aliphatic heterocycles. The maximum absolute atomic E-state index is 14.0. The van der Waals surface area contributed by atoms with Crippen LogP contribution in [0.5, 0.6) is 0 Å². The molecule has 0 radical (unpaired) electrons. The van der Waals surface area contributed by atoms with E-state index in [-0.39, 0.29) is 10.7 Å². The van der Waals surface area contributed by atoms with Crippen LogP contribution >= 0.6 is 23.8 Å². The van der Waals surface area contributed by atoms with Crippen molar-refractivity contribution < 1.29 is 9.59 Å². The molecule has 5 nitrogen and oxygen atoms in total. The summed E-state index contributed by atoms with van der Waals surface area (Å²) in [6.07, 6.45) is 1.66. The highest BCUT2D eigenvalue weighted by atomic mass is 35.5. The second-order valence-corrected chi connectivity index (χ2v) is 11.4. The van der Waals surface area contributed by atoms with Crippen LogP contribution in [0.3, 0.4) is 0 Å². The van der Waals surface area contributed by atoms with Gasteiger partial charge in [-0.2, -0.15) is 0 Å². The SMILES string of the molecule is CC(C)c1ccc(N2C(=O)/C(=C\c3cc(-c4ccccc4)n(-c4ccc(Cl)cc4)c3-c3ccccc3)C(=O)NC2=S)cc1. The van der Waals surface area contributed by atoms with Crippen LogP contribution in [0.1, 0.15) is 30.9 Å². The van der Waals surface area contributed by atoms with Crippen molar-refractivity contribution >= 4 is 52.5 Å². The molecule has 4 aromatic carbocycles. The number of benzene rings is 4. The predicted molar refractivity (Wildman–Crippen MR) is 178 cm³/mol. The molecule has 5 aromatic rings. The maximum Gasteiger partial charge on any atom is 0.270 e. The molecular weight excluding hydrogens is 574 g/mol. The number of carbonyl (C=O) groups is 2. The minimum Gasteiger partial charge on any atom is -0.309 e. The Morgan fingerprint density at radius 3 is 1.95 bits per heavy atom. The smallest absolute Gasteiger partial charge is 0.270 e. The van der Waals surface area contributed by atoms with Gasteiger partial charge in [-0.05, 0) is 83.4 Å². The molecule has 6 rings (SSSR count). The Bertz CT molecular complexity index is 1860. The fourth-order valence-electron chi connectivity index (χ4n) is 5.27. The lowest BCUT2D eigenvalue weighted by Crippen LogP contribution is -2.54. The van der Waals surface area contributed by atoms with Gasteiger partial charge in [0.2, 0.25) is 0 Å². The van der Waals surface area contributed by atoms with E-state index in [0.717, 1.165) is 33.8 Å². The van der Waals surface area contributed by atoms with Crippen LogP contribution in [0.2, 0.25) is 5.02 Å². The minimum atomic E-state index is -0.537. The summed E-state index contributed by atoms with van der Waals surface area (Å²) in [6.45, 7) is 4.22. The number of anilines is 1. The molecule has 1 aromatic heterocycles. The normalized spacial score (nSPS) is 14.5. The minimum absolute atomic E-state index is 0.00779. The van der Waals surface area contributed by atoms with Crippen molar-refractivity contribution in [1.29, 1.82) is 0 Å². The van der Waals surface area contributed by atoms with Gasteiger partial charge < -0.3 is 4.57 Å². The number of aromatic nitrogens is 1. The molecule has 1 fully saturated rings. The van der Waals surface area contributed by atoms with E-state index in [9.17, 15) is 9.59 Å². The monoisotopic (exact) mass is 601 g/mol. The number of hydrogen-bond donors (Lipinski definition) is 1. The highest BCUT2D eigenvalue weighted by Crippen LogP contribution is 2.38. The summed E-state index contributed by atoms with van der Waals surface area (Å²) in [5.41, 5.74) is 6.95. The highest BCUT2D eigenvalue weighted by molar-refractivity contribution is 7.80. The zero-order chi connectivity index (χ0) is 30.1. The van der Waals surface area contributed by atoms with Crippen molar-refractivity contribution in [2.75, 3.05) is 4.90 Å². The standard InChI is InChI=1S/C36H28ClN3O2S/c1-23(2)24-13-17-30(18-14-24)40-35(42)31(34(41)38-36(40)43)21-27-22-32(25-9-5-3-6-10-25)39(29-19-15-28(37)16-20-29)33(27)26-11-7-4-8-12-26/h3-23H,1-2H3,(H,38,41,43)/b31-21-. The lowest BCUT2D eigenvalue weighted by atomic mass is 10.0. The van der Waals surface area contributed by atoms with Crippen LogP contribution in [-0.4, -0.2) is 21.5 Å². The Kier molecular flexibility index (Phi) is 7.80. The summed E-state index contributed by atoms with van der Waals surface area (Å²) in [5, 5.41) is 3.40. The fraction of sp³-hybridized carbons (Fsp3) is 0.0833. The molecule has 0 unspecified atom stereocenters. The van der Waals surface area contributed by atoms with Gasteiger partial charge in [-0.1, -0.05) is 98.2 Å². The van der Waals surface area contributed by atoms with Gasteiger partial charge in [-0.25, -0.2) is 0 Å². The number of nitrogens with zero attached hydrogens (tertiary/aromatic N) is 2. The van der Waals surface area contributed by atoms with Crippen molar-refractivity contribution in [2.24, 2.45) is 0 Å². The molecule has 0 bridgehead atoms. The Morgan fingerprint density at radius 1 is 0.767 bits per heavy atom. The molecular formula is C36H28ClN3O2S. The number of carbonyl (C=O) groups excluding carboxylic acids is 2. The Morgan fingerprint density at radius 2 is 1.35 bits per heavy atom. The largest absolute Gasteiger partial charge is 0.309 e. The first kappa shape index (κ1) is 28.3. The quantitative estimate of drug-likeness (QED) is 0.121. The van der Waals surface area contributed by atoms with E-state index in [4.69, 9.17) is 23.8 Å². The summed E-state index contributed by atoms with van der Waals surface area (Å²) in [7, 11) is 0. The topological polar surface area (TPSA) is 54.3 Å². The Hall–Kier alpha value is -4.78. The summed E-state index contributed by atoms with van der Waals surface area (Å²) < 4.78 is 2.13. The van der Waals surface area contributed by atoms with E-state index in [1.54, 1.807) is 6.08 Å². The third-order valence-electron chi connectivity index (χ3n) is 7.45. The lowest BCUT2D eigenvalue weighted by Gasteiger charge is -2.29. The van der Waals surface area contributed by atoms with E-state index < -0.39 is 11.8 Å². The van der Waals surface area contributed by atoms with Crippen molar-refractivity contribution in [3.8, 4) is 28.2 Å². The number of halogens is 1. The van der Waals surface area contributed by atoms with Gasteiger partial charge in [0.05, 0.1) is 17.1 Å². The van der Waals surface area contributed by atoms with Crippen LogP contribution < -0.4 is 10.2 Å². The number of thiocarbonyl (C=S) groups is 1. The zero-order valence-corrected chi connectivity index (χ0v) is 25.2. The molecule has 7 heteroatoms. The summed E-state index contributed by atoms with van der Waals surface area (Å²) >= 11 is 11.7. The number of amides is 2. The van der Waals surface area contributed by atoms with Gasteiger partial charge in [0.25, 0.3) is 11.8 Å².